The van der Waals surface area contributed by atoms with Crippen molar-refractivity contribution in [3.63, 3.8) is 0 Å². The minimum Gasteiger partial charge on any atom is -0.444 e. The van der Waals surface area contributed by atoms with Crippen molar-refractivity contribution >= 4 is 30.1 Å². The monoisotopic (exact) mass is 378 g/mol. The van der Waals surface area contributed by atoms with Crippen molar-refractivity contribution in [3.8, 4) is 0 Å². The highest BCUT2D eigenvalue weighted by atomic mass is 35.5. The van der Waals surface area contributed by atoms with Gasteiger partial charge in [-0.2, -0.15) is 0 Å². The molecule has 0 bridgehead atoms. The third-order valence-corrected chi connectivity index (χ3v) is 4.18. The molecule has 0 unspecified atom stereocenters. The van der Waals surface area contributed by atoms with Crippen molar-refractivity contribution in [2.45, 2.75) is 85.4 Å². The number of hydrogen-bond donors (Lipinski definition) is 2. The Hall–Kier alpha value is -1.14. The molecule has 7 heteroatoms. The van der Waals surface area contributed by atoms with E-state index in [-0.39, 0.29) is 37.6 Å². The molecule has 0 radical (unpaired) electrons. The molecule has 2 saturated carbocycles. The maximum absolute atomic E-state index is 11.3. The Kier molecular flexibility index (Phi) is 11.2. The lowest BCUT2D eigenvalue weighted by molar-refractivity contribution is -0.124. The fourth-order valence-electron chi connectivity index (χ4n) is 2.54. The summed E-state index contributed by atoms with van der Waals surface area (Å²) in [5, 5.41) is 2.74. The number of nitrogens with two attached hydrogens (primary N) is 1. The van der Waals surface area contributed by atoms with Crippen LogP contribution in [0.5, 0.6) is 0 Å². The van der Waals surface area contributed by atoms with E-state index in [4.69, 9.17) is 10.5 Å². The van der Waals surface area contributed by atoms with E-state index in [9.17, 15) is 14.4 Å². The predicted octanol–water partition coefficient (Wildman–Crippen LogP) is 3.25. The molecule has 0 atom stereocenters. The lowest BCUT2D eigenvalue weighted by atomic mass is 9.78. The first kappa shape index (κ1) is 26.1. The molecule has 0 heterocycles. The number of rotatable bonds is 3. The number of alkyl carbamates (subject to hydrolysis) is 1. The molecule has 0 aliphatic heterocycles. The van der Waals surface area contributed by atoms with Gasteiger partial charge in [0.05, 0.1) is 0 Å². The Morgan fingerprint density at radius 1 is 0.960 bits per heavy atom. The van der Waals surface area contributed by atoms with Gasteiger partial charge in [0.1, 0.15) is 17.2 Å². The van der Waals surface area contributed by atoms with Crippen LogP contribution in [-0.4, -0.2) is 35.3 Å². The second kappa shape index (κ2) is 10.8. The fraction of sp³-hybridized carbons (Fsp3) is 0.833. The first-order valence-electron chi connectivity index (χ1n) is 8.24. The van der Waals surface area contributed by atoms with Crippen molar-refractivity contribution in [3.05, 3.63) is 0 Å². The highest BCUT2D eigenvalue weighted by Gasteiger charge is 2.34. The number of carbonyl (C=O) groups excluding carboxylic acids is 3. The number of hydrogen-bond acceptors (Lipinski definition) is 5. The maximum Gasteiger partial charge on any atom is 0.407 e. The summed E-state index contributed by atoms with van der Waals surface area (Å²) in [5.74, 6) is 0.930. The van der Waals surface area contributed by atoms with Crippen LogP contribution in [0.1, 0.15) is 67.7 Å². The predicted molar refractivity (Wildman–Crippen MR) is 102 cm³/mol. The van der Waals surface area contributed by atoms with Crippen LogP contribution in [0.3, 0.4) is 0 Å². The Morgan fingerprint density at radius 2 is 1.36 bits per heavy atom. The van der Waals surface area contributed by atoms with Crippen molar-refractivity contribution in [2.75, 3.05) is 0 Å². The zero-order chi connectivity index (χ0) is 17.8. The molecule has 2 aliphatic rings. The van der Waals surface area contributed by atoms with E-state index in [1.807, 2.05) is 20.8 Å². The van der Waals surface area contributed by atoms with E-state index < -0.39 is 11.7 Å². The standard InChI is InChI=1S/C11H19NO3.C6H11NO.CH4.ClH/c1-7(13)8-5-9(6-8)12-10(14)15-11(2,3)4;1-4(8)5-2-6(7)3-5;;/h8-9H,5-6H2,1-4H3,(H,12,14);5-6H,2-3,7H2,1H3;1H4;1H. The molecule has 0 aromatic carbocycles. The molecule has 0 saturated heterocycles. The van der Waals surface area contributed by atoms with Gasteiger partial charge in [0.2, 0.25) is 0 Å². The van der Waals surface area contributed by atoms with Crippen molar-refractivity contribution < 1.29 is 19.1 Å². The average Bonchev–Trinajstić information content (AvgIpc) is 2.27. The molecule has 2 rings (SSSR count). The molecule has 3 N–H and O–H groups in total. The summed E-state index contributed by atoms with van der Waals surface area (Å²) in [4.78, 5) is 32.8. The SMILES string of the molecule is C.CC(=O)C1CC(N)C1.CC(=O)C1CC(NC(=O)OC(C)(C)C)C1.Cl. The summed E-state index contributed by atoms with van der Waals surface area (Å²) in [7, 11) is 0. The number of ether oxygens (including phenoxy) is 1. The van der Waals surface area contributed by atoms with E-state index in [2.05, 4.69) is 5.32 Å². The number of nitrogens with one attached hydrogen (secondary N) is 1. The Bertz CT molecular complexity index is 450. The summed E-state index contributed by atoms with van der Waals surface area (Å²) >= 11 is 0. The molecule has 0 aromatic heterocycles. The van der Waals surface area contributed by atoms with E-state index in [1.54, 1.807) is 13.8 Å². The van der Waals surface area contributed by atoms with E-state index in [0.717, 1.165) is 25.7 Å². The highest BCUT2D eigenvalue weighted by molar-refractivity contribution is 5.85. The number of amides is 1. The van der Waals surface area contributed by atoms with Gasteiger partial charge in [-0.05, 0) is 60.3 Å². The quantitative estimate of drug-likeness (QED) is 0.785. The Balaban J connectivity index is 0. The lowest BCUT2D eigenvalue weighted by Gasteiger charge is -2.34. The minimum absolute atomic E-state index is 0. The summed E-state index contributed by atoms with van der Waals surface area (Å²) in [6, 6.07) is 0.414. The van der Waals surface area contributed by atoms with Gasteiger partial charge in [0.15, 0.2) is 0 Å². The number of ketones is 2. The summed E-state index contributed by atoms with van der Waals surface area (Å²) in [6.07, 6.45) is 2.92. The highest BCUT2D eigenvalue weighted by Crippen LogP contribution is 2.28. The van der Waals surface area contributed by atoms with Crippen molar-refractivity contribution in [2.24, 2.45) is 17.6 Å². The molecule has 2 fully saturated rings. The average molecular weight is 379 g/mol. The van der Waals surface area contributed by atoms with Crippen LogP contribution in [0.4, 0.5) is 4.79 Å². The first-order chi connectivity index (χ1) is 10.5. The molecular formula is C18H35ClN2O4. The third kappa shape index (κ3) is 9.80. The largest absolute Gasteiger partial charge is 0.444 e. The molecule has 1 amide bonds. The van der Waals surface area contributed by atoms with Gasteiger partial charge in [0, 0.05) is 23.9 Å². The normalized spacial score (nSPS) is 26.8. The van der Waals surface area contributed by atoms with E-state index >= 15 is 0 Å². The van der Waals surface area contributed by atoms with Crippen molar-refractivity contribution in [1.82, 2.24) is 5.32 Å². The lowest BCUT2D eigenvalue weighted by Crippen LogP contribution is -2.47. The van der Waals surface area contributed by atoms with E-state index in [1.165, 1.54) is 0 Å². The zero-order valence-corrected chi connectivity index (χ0v) is 16.1. The van der Waals surface area contributed by atoms with Gasteiger partial charge < -0.3 is 15.8 Å². The maximum atomic E-state index is 11.3. The fourth-order valence-corrected chi connectivity index (χ4v) is 2.54. The topological polar surface area (TPSA) is 98.5 Å². The third-order valence-electron chi connectivity index (χ3n) is 4.18. The second-order valence-corrected chi connectivity index (χ2v) is 7.66. The van der Waals surface area contributed by atoms with Crippen LogP contribution in [-0.2, 0) is 14.3 Å². The van der Waals surface area contributed by atoms with Crippen LogP contribution in [0.25, 0.3) is 0 Å². The summed E-state index contributed by atoms with van der Waals surface area (Å²) in [5.41, 5.74) is 4.99. The smallest absolute Gasteiger partial charge is 0.407 e. The molecule has 6 nitrogen and oxygen atoms in total. The minimum atomic E-state index is -0.464. The van der Waals surface area contributed by atoms with Crippen LogP contribution in [0, 0.1) is 11.8 Å². The van der Waals surface area contributed by atoms with Crippen LogP contribution in [0.2, 0.25) is 0 Å². The van der Waals surface area contributed by atoms with Gasteiger partial charge in [-0.1, -0.05) is 7.43 Å². The van der Waals surface area contributed by atoms with Gasteiger partial charge in [0.25, 0.3) is 0 Å². The second-order valence-electron chi connectivity index (χ2n) is 7.66. The zero-order valence-electron chi connectivity index (χ0n) is 15.3. The number of Topliss-reactive ketones (excluding diaryl/α,β-unsaturated/α-hetero) is 2. The number of halogens is 1. The first-order valence-corrected chi connectivity index (χ1v) is 8.24. The molecule has 0 spiro atoms. The molecule has 0 aromatic rings. The van der Waals surface area contributed by atoms with Gasteiger partial charge in [-0.3, -0.25) is 9.59 Å². The molecule has 25 heavy (non-hydrogen) atoms. The summed E-state index contributed by atoms with van der Waals surface area (Å²) < 4.78 is 5.10. The van der Waals surface area contributed by atoms with Crippen LogP contribution in [0.15, 0.2) is 0 Å². The van der Waals surface area contributed by atoms with Crippen LogP contribution < -0.4 is 11.1 Å². The van der Waals surface area contributed by atoms with Gasteiger partial charge >= 0.3 is 6.09 Å². The molecule has 2 aliphatic carbocycles. The number of carbonyl (C=O) groups is 3. The van der Waals surface area contributed by atoms with E-state index in [0.29, 0.717) is 17.7 Å². The van der Waals surface area contributed by atoms with Gasteiger partial charge in [-0.25, -0.2) is 4.79 Å². The van der Waals surface area contributed by atoms with Gasteiger partial charge in [-0.15, -0.1) is 12.4 Å². The van der Waals surface area contributed by atoms with Crippen LogP contribution >= 0.6 is 12.4 Å². The summed E-state index contributed by atoms with van der Waals surface area (Å²) in [6.45, 7) is 8.70. The Morgan fingerprint density at radius 3 is 1.64 bits per heavy atom. The molecule has 148 valence electrons. The van der Waals surface area contributed by atoms with Crippen molar-refractivity contribution in [1.29, 1.82) is 0 Å². The Labute approximate surface area is 158 Å². The molecular weight excluding hydrogens is 344 g/mol.